The van der Waals surface area contributed by atoms with Crippen molar-refractivity contribution in [2.75, 3.05) is 52.2 Å². The number of hydrogen-bond donors (Lipinski definition) is 0. The van der Waals surface area contributed by atoms with Crippen LogP contribution in [0.3, 0.4) is 0 Å². The van der Waals surface area contributed by atoms with Gasteiger partial charge in [-0.3, -0.25) is 14.4 Å². The molecule has 0 amide bonds. The average Bonchev–Trinajstić information content (AvgIpc) is 2.58. The zero-order valence-corrected chi connectivity index (χ0v) is 15.7. The third-order valence-corrected chi connectivity index (χ3v) is 6.01. The fourth-order valence-electron chi connectivity index (χ4n) is 2.77. The van der Waals surface area contributed by atoms with Crippen LogP contribution in [0.2, 0.25) is 0 Å². The Bertz CT molecular complexity index is 532. The molecule has 1 saturated heterocycles. The van der Waals surface area contributed by atoms with Gasteiger partial charge >= 0.3 is 7.60 Å². The van der Waals surface area contributed by atoms with Gasteiger partial charge < -0.3 is 9.05 Å². The molecule has 0 N–H and O–H groups in total. The molecular formula is C18H29N2O3P. The maximum atomic E-state index is 12.6. The summed E-state index contributed by atoms with van der Waals surface area (Å²) >= 11 is 0. The molecule has 1 fully saturated rings. The zero-order chi connectivity index (χ0) is 17.3. The lowest BCUT2D eigenvalue weighted by Crippen LogP contribution is -2.46. The lowest BCUT2D eigenvalue weighted by Gasteiger charge is -2.35. The molecule has 0 atom stereocenters. The predicted molar refractivity (Wildman–Crippen MR) is 99.2 cm³/mol. The molecule has 1 aromatic rings. The summed E-state index contributed by atoms with van der Waals surface area (Å²) in [5, 5.41) is 0. The van der Waals surface area contributed by atoms with Crippen LogP contribution in [0.15, 0.2) is 36.4 Å². The van der Waals surface area contributed by atoms with Crippen molar-refractivity contribution >= 4 is 13.7 Å². The molecule has 0 radical (unpaired) electrons. The molecule has 0 aromatic heterocycles. The van der Waals surface area contributed by atoms with Gasteiger partial charge in [-0.2, -0.15) is 0 Å². The third-order valence-electron chi connectivity index (χ3n) is 3.96. The second-order valence-corrected chi connectivity index (χ2v) is 7.84. The van der Waals surface area contributed by atoms with Gasteiger partial charge in [-0.15, -0.1) is 0 Å². The Morgan fingerprint density at radius 2 is 1.58 bits per heavy atom. The SMILES string of the molecule is CCOP(=O)(CN1CCN(C/C=C/c2ccccc2)CC1)OCC. The minimum Gasteiger partial charge on any atom is -0.308 e. The van der Waals surface area contributed by atoms with Gasteiger partial charge in [0, 0.05) is 32.7 Å². The molecular weight excluding hydrogens is 323 g/mol. The summed E-state index contributed by atoms with van der Waals surface area (Å²) in [7, 11) is -2.98. The van der Waals surface area contributed by atoms with Gasteiger partial charge in [-0.1, -0.05) is 42.5 Å². The molecule has 0 unspecified atom stereocenters. The van der Waals surface area contributed by atoms with Gasteiger partial charge in [0.1, 0.15) is 6.29 Å². The largest absolute Gasteiger partial charge is 0.344 e. The summed E-state index contributed by atoms with van der Waals surface area (Å²) in [6.07, 6.45) is 4.75. The van der Waals surface area contributed by atoms with E-state index in [0.717, 1.165) is 32.7 Å². The van der Waals surface area contributed by atoms with Crippen LogP contribution in [0.5, 0.6) is 0 Å². The minimum atomic E-state index is -2.98. The Hall–Kier alpha value is -0.970. The monoisotopic (exact) mass is 352 g/mol. The van der Waals surface area contributed by atoms with E-state index in [1.807, 2.05) is 32.0 Å². The van der Waals surface area contributed by atoms with E-state index in [1.54, 1.807) is 0 Å². The minimum absolute atomic E-state index is 0.391. The van der Waals surface area contributed by atoms with Crippen molar-refractivity contribution in [3.63, 3.8) is 0 Å². The molecule has 1 aliphatic heterocycles. The van der Waals surface area contributed by atoms with Crippen LogP contribution in [0.4, 0.5) is 0 Å². The van der Waals surface area contributed by atoms with Crippen LogP contribution < -0.4 is 0 Å². The Morgan fingerprint density at radius 3 is 2.17 bits per heavy atom. The fraction of sp³-hybridized carbons (Fsp3) is 0.556. The van der Waals surface area contributed by atoms with Crippen LogP contribution in [-0.4, -0.2) is 62.0 Å². The highest BCUT2D eigenvalue weighted by Gasteiger charge is 2.28. The Kier molecular flexibility index (Phi) is 8.16. The van der Waals surface area contributed by atoms with E-state index < -0.39 is 7.60 Å². The molecule has 2 rings (SSSR count). The van der Waals surface area contributed by atoms with Crippen LogP contribution in [0.1, 0.15) is 19.4 Å². The normalized spacial score (nSPS) is 17.6. The second-order valence-electron chi connectivity index (χ2n) is 5.82. The lowest BCUT2D eigenvalue weighted by atomic mass is 10.2. The van der Waals surface area contributed by atoms with Gasteiger partial charge in [0.25, 0.3) is 0 Å². The molecule has 0 bridgehead atoms. The van der Waals surface area contributed by atoms with E-state index in [-0.39, 0.29) is 0 Å². The Morgan fingerprint density at radius 1 is 1.00 bits per heavy atom. The average molecular weight is 352 g/mol. The molecule has 5 nitrogen and oxygen atoms in total. The highest BCUT2D eigenvalue weighted by Crippen LogP contribution is 2.48. The highest BCUT2D eigenvalue weighted by molar-refractivity contribution is 7.53. The maximum Gasteiger partial charge on any atom is 0.344 e. The fourth-order valence-corrected chi connectivity index (χ4v) is 4.57. The van der Waals surface area contributed by atoms with E-state index in [2.05, 4.69) is 34.1 Å². The van der Waals surface area contributed by atoms with Gasteiger partial charge in [0.05, 0.1) is 13.2 Å². The summed E-state index contributed by atoms with van der Waals surface area (Å²) in [6, 6.07) is 10.3. The van der Waals surface area contributed by atoms with E-state index in [1.165, 1.54) is 5.56 Å². The van der Waals surface area contributed by atoms with Gasteiger partial charge in [0.15, 0.2) is 0 Å². The van der Waals surface area contributed by atoms with Crippen molar-refractivity contribution in [1.29, 1.82) is 0 Å². The topological polar surface area (TPSA) is 42.0 Å². The van der Waals surface area contributed by atoms with Crippen molar-refractivity contribution in [1.82, 2.24) is 9.80 Å². The summed E-state index contributed by atoms with van der Waals surface area (Å²) < 4.78 is 23.3. The van der Waals surface area contributed by atoms with E-state index in [4.69, 9.17) is 9.05 Å². The number of benzene rings is 1. The molecule has 0 saturated carbocycles. The molecule has 134 valence electrons. The smallest absolute Gasteiger partial charge is 0.308 e. The van der Waals surface area contributed by atoms with E-state index >= 15 is 0 Å². The van der Waals surface area contributed by atoms with Gasteiger partial charge in [0.2, 0.25) is 0 Å². The van der Waals surface area contributed by atoms with Crippen LogP contribution >= 0.6 is 7.60 Å². The van der Waals surface area contributed by atoms with Crippen molar-refractivity contribution in [3.05, 3.63) is 42.0 Å². The van der Waals surface area contributed by atoms with Gasteiger partial charge in [-0.05, 0) is 19.4 Å². The van der Waals surface area contributed by atoms with Gasteiger partial charge in [-0.25, -0.2) is 0 Å². The molecule has 6 heteroatoms. The first-order valence-electron chi connectivity index (χ1n) is 8.69. The summed E-state index contributed by atoms with van der Waals surface area (Å²) in [5.41, 5.74) is 1.23. The number of hydrogen-bond acceptors (Lipinski definition) is 5. The summed E-state index contributed by atoms with van der Waals surface area (Å²) in [5.74, 6) is 0. The standard InChI is InChI=1S/C18H29N2O3P/c1-3-22-24(21,23-4-2)17-20-15-13-19(14-16-20)12-8-11-18-9-6-5-7-10-18/h5-11H,3-4,12-17H2,1-2H3/b11-8+. The van der Waals surface area contributed by atoms with Crippen LogP contribution in [0.25, 0.3) is 6.08 Å². The molecule has 0 aliphatic carbocycles. The number of nitrogens with zero attached hydrogens (tertiary/aromatic N) is 2. The molecule has 1 aromatic carbocycles. The highest BCUT2D eigenvalue weighted by atomic mass is 31.2. The van der Waals surface area contributed by atoms with E-state index in [9.17, 15) is 4.57 Å². The first-order chi connectivity index (χ1) is 11.6. The Labute approximate surface area is 145 Å². The molecule has 0 spiro atoms. The summed E-state index contributed by atoms with van der Waals surface area (Å²) in [6.45, 7) is 9.20. The second kappa shape index (κ2) is 10.1. The number of piperazine rings is 1. The van der Waals surface area contributed by atoms with Crippen LogP contribution in [0, 0.1) is 0 Å². The Balaban J connectivity index is 1.74. The number of rotatable bonds is 9. The molecule has 24 heavy (non-hydrogen) atoms. The predicted octanol–water partition coefficient (Wildman–Crippen LogP) is 3.54. The first kappa shape index (κ1) is 19.4. The summed E-state index contributed by atoms with van der Waals surface area (Å²) in [4.78, 5) is 4.59. The maximum absolute atomic E-state index is 12.6. The first-order valence-corrected chi connectivity index (χ1v) is 10.4. The zero-order valence-electron chi connectivity index (χ0n) is 14.8. The van der Waals surface area contributed by atoms with E-state index in [0.29, 0.717) is 19.5 Å². The molecule has 1 heterocycles. The van der Waals surface area contributed by atoms with Crippen molar-refractivity contribution in [2.45, 2.75) is 13.8 Å². The third kappa shape index (κ3) is 6.50. The molecule has 1 aliphatic rings. The quantitative estimate of drug-likeness (QED) is 0.636. The van der Waals surface area contributed by atoms with Crippen molar-refractivity contribution in [2.24, 2.45) is 0 Å². The van der Waals surface area contributed by atoms with Crippen molar-refractivity contribution in [3.8, 4) is 0 Å². The van der Waals surface area contributed by atoms with Crippen molar-refractivity contribution < 1.29 is 13.6 Å². The van der Waals surface area contributed by atoms with Crippen LogP contribution in [-0.2, 0) is 13.6 Å². The lowest BCUT2D eigenvalue weighted by molar-refractivity contribution is 0.140.